The Hall–Kier alpha value is -1.64. The predicted molar refractivity (Wildman–Crippen MR) is 68.5 cm³/mol. The zero-order valence-corrected chi connectivity index (χ0v) is 11.2. The SMILES string of the molecule is NS(=O)(=O)c1ccccc1C1=COCC2=C1OSO2. The predicted octanol–water partition coefficient (Wildman–Crippen LogP) is 1.53. The van der Waals surface area contributed by atoms with Crippen LogP contribution < -0.4 is 5.14 Å². The second-order valence-corrected chi connectivity index (χ2v) is 5.87. The van der Waals surface area contributed by atoms with Gasteiger partial charge in [0.1, 0.15) is 6.61 Å². The van der Waals surface area contributed by atoms with Crippen LogP contribution in [0.25, 0.3) is 5.57 Å². The molecule has 2 aliphatic heterocycles. The smallest absolute Gasteiger partial charge is 0.293 e. The number of hydrogen-bond donors (Lipinski definition) is 1. The summed E-state index contributed by atoms with van der Waals surface area (Å²) in [6.45, 7) is 0.253. The van der Waals surface area contributed by atoms with Gasteiger partial charge in [0.25, 0.3) is 12.3 Å². The summed E-state index contributed by atoms with van der Waals surface area (Å²) in [5, 5.41) is 5.21. The molecule has 0 aromatic heterocycles. The lowest BCUT2D eigenvalue weighted by molar-refractivity contribution is 0.236. The van der Waals surface area contributed by atoms with Crippen molar-refractivity contribution in [1.29, 1.82) is 0 Å². The van der Waals surface area contributed by atoms with E-state index in [1.165, 1.54) is 12.3 Å². The Morgan fingerprint density at radius 1 is 1.21 bits per heavy atom. The molecular formula is C11H9NO5S2. The fourth-order valence-electron chi connectivity index (χ4n) is 1.84. The first kappa shape index (κ1) is 12.4. The van der Waals surface area contributed by atoms with Crippen molar-refractivity contribution in [3.8, 4) is 0 Å². The molecule has 2 heterocycles. The minimum Gasteiger partial charge on any atom is -0.492 e. The summed E-state index contributed by atoms with van der Waals surface area (Å²) in [6.07, 6.45) is 1.44. The molecule has 100 valence electrons. The fourth-order valence-corrected chi connectivity index (χ4v) is 3.08. The highest BCUT2D eigenvalue weighted by Crippen LogP contribution is 2.41. The number of primary sulfonamides is 1. The number of benzene rings is 1. The topological polar surface area (TPSA) is 87.9 Å². The zero-order chi connectivity index (χ0) is 13.5. The van der Waals surface area contributed by atoms with Crippen LogP contribution in [0, 0.1) is 0 Å². The van der Waals surface area contributed by atoms with Gasteiger partial charge in [-0.05, 0) is 6.07 Å². The van der Waals surface area contributed by atoms with Crippen molar-refractivity contribution in [2.75, 3.05) is 6.61 Å². The quantitative estimate of drug-likeness (QED) is 0.833. The minimum atomic E-state index is -3.83. The van der Waals surface area contributed by atoms with Crippen LogP contribution >= 0.6 is 12.3 Å². The van der Waals surface area contributed by atoms with E-state index in [1.54, 1.807) is 18.2 Å². The van der Waals surface area contributed by atoms with Gasteiger partial charge in [0.15, 0.2) is 11.5 Å². The highest BCUT2D eigenvalue weighted by Gasteiger charge is 2.30. The van der Waals surface area contributed by atoms with Crippen LogP contribution in [0.15, 0.2) is 46.9 Å². The van der Waals surface area contributed by atoms with Gasteiger partial charge in [-0.1, -0.05) is 18.2 Å². The molecule has 19 heavy (non-hydrogen) atoms. The van der Waals surface area contributed by atoms with Crippen LogP contribution in [0.2, 0.25) is 0 Å². The van der Waals surface area contributed by atoms with Crippen molar-refractivity contribution in [1.82, 2.24) is 0 Å². The molecule has 0 amide bonds. The average molecular weight is 299 g/mol. The van der Waals surface area contributed by atoms with Gasteiger partial charge < -0.3 is 13.1 Å². The summed E-state index contributed by atoms with van der Waals surface area (Å²) in [4.78, 5) is 0.0131. The third-order valence-corrected chi connectivity index (χ3v) is 4.12. The second-order valence-electron chi connectivity index (χ2n) is 3.87. The zero-order valence-electron chi connectivity index (χ0n) is 9.53. The Morgan fingerprint density at radius 2 is 2.00 bits per heavy atom. The van der Waals surface area contributed by atoms with Crippen LogP contribution in [-0.4, -0.2) is 15.0 Å². The molecular weight excluding hydrogens is 290 g/mol. The number of hydrogen-bond acceptors (Lipinski definition) is 6. The molecule has 1 aromatic rings. The van der Waals surface area contributed by atoms with E-state index in [2.05, 4.69) is 0 Å². The van der Waals surface area contributed by atoms with Crippen molar-refractivity contribution >= 4 is 27.9 Å². The number of ether oxygens (including phenoxy) is 1. The van der Waals surface area contributed by atoms with E-state index >= 15 is 0 Å². The Morgan fingerprint density at radius 3 is 2.79 bits per heavy atom. The van der Waals surface area contributed by atoms with Gasteiger partial charge in [-0.25, -0.2) is 13.6 Å². The Labute approximate surface area is 114 Å². The van der Waals surface area contributed by atoms with E-state index in [4.69, 9.17) is 18.2 Å². The van der Waals surface area contributed by atoms with E-state index < -0.39 is 10.0 Å². The van der Waals surface area contributed by atoms with Gasteiger partial charge in [0.2, 0.25) is 10.0 Å². The molecule has 3 rings (SSSR count). The monoisotopic (exact) mass is 299 g/mol. The van der Waals surface area contributed by atoms with Crippen LogP contribution in [0.1, 0.15) is 5.56 Å². The molecule has 8 heteroatoms. The van der Waals surface area contributed by atoms with Crippen LogP contribution in [0.4, 0.5) is 0 Å². The normalized spacial score (nSPS) is 18.1. The summed E-state index contributed by atoms with van der Waals surface area (Å²) in [6, 6.07) is 6.38. The lowest BCUT2D eigenvalue weighted by atomic mass is 10.0. The molecule has 0 radical (unpaired) electrons. The minimum absolute atomic E-state index is 0.0131. The fraction of sp³-hybridized carbons (Fsp3) is 0.0909. The summed E-state index contributed by atoms with van der Waals surface area (Å²) in [5.74, 6) is 0.985. The van der Waals surface area contributed by atoms with Crippen LogP contribution in [-0.2, 0) is 23.1 Å². The maximum absolute atomic E-state index is 11.6. The van der Waals surface area contributed by atoms with Crippen LogP contribution in [0.3, 0.4) is 0 Å². The molecule has 0 fully saturated rings. The molecule has 0 atom stereocenters. The average Bonchev–Trinajstić information content (AvgIpc) is 2.85. The van der Waals surface area contributed by atoms with Crippen molar-refractivity contribution in [2.24, 2.45) is 5.14 Å². The first-order valence-corrected chi connectivity index (χ1v) is 7.47. The first-order chi connectivity index (χ1) is 9.07. The molecule has 2 N–H and O–H groups in total. The lowest BCUT2D eigenvalue weighted by Crippen LogP contribution is -2.15. The highest BCUT2D eigenvalue weighted by molar-refractivity contribution is 7.90. The van der Waals surface area contributed by atoms with Gasteiger partial charge in [0.05, 0.1) is 16.7 Å². The Bertz CT molecular complexity index is 693. The van der Waals surface area contributed by atoms with Gasteiger partial charge in [-0.3, -0.25) is 0 Å². The van der Waals surface area contributed by atoms with Crippen molar-refractivity contribution in [2.45, 2.75) is 4.90 Å². The van der Waals surface area contributed by atoms with Gasteiger partial charge >= 0.3 is 0 Å². The summed E-state index contributed by atoms with van der Waals surface area (Å²) >= 11 is 0.816. The second kappa shape index (κ2) is 4.48. The van der Waals surface area contributed by atoms with Gasteiger partial charge in [0, 0.05) is 5.56 Å². The lowest BCUT2D eigenvalue weighted by Gasteiger charge is -2.15. The van der Waals surface area contributed by atoms with Crippen LogP contribution in [0.5, 0.6) is 0 Å². The number of nitrogens with two attached hydrogens (primary N) is 1. The van der Waals surface area contributed by atoms with Crippen molar-refractivity contribution in [3.63, 3.8) is 0 Å². The van der Waals surface area contributed by atoms with E-state index in [1.807, 2.05) is 0 Å². The number of allylic oxidation sites excluding steroid dienone is 1. The third kappa shape index (κ3) is 2.18. The molecule has 0 aliphatic carbocycles. The maximum Gasteiger partial charge on any atom is 0.293 e. The van der Waals surface area contributed by atoms with Crippen molar-refractivity contribution in [3.05, 3.63) is 47.6 Å². The molecule has 0 spiro atoms. The maximum atomic E-state index is 11.6. The van der Waals surface area contributed by atoms with Crippen molar-refractivity contribution < 1.29 is 21.5 Å². The number of sulfonamides is 1. The third-order valence-electron chi connectivity index (χ3n) is 2.65. The molecule has 0 saturated heterocycles. The van der Waals surface area contributed by atoms with E-state index in [0.717, 1.165) is 12.3 Å². The number of rotatable bonds is 2. The molecule has 6 nitrogen and oxygen atoms in total. The summed E-state index contributed by atoms with van der Waals surface area (Å²) in [5.41, 5.74) is 0.916. The molecule has 0 saturated carbocycles. The largest absolute Gasteiger partial charge is 0.492 e. The molecule has 0 bridgehead atoms. The Balaban J connectivity index is 2.16. The highest BCUT2D eigenvalue weighted by atomic mass is 32.2. The van der Waals surface area contributed by atoms with E-state index in [0.29, 0.717) is 22.7 Å². The van der Waals surface area contributed by atoms with Gasteiger partial charge in [-0.15, -0.1) is 0 Å². The first-order valence-electron chi connectivity index (χ1n) is 5.26. The molecule has 2 aliphatic rings. The van der Waals surface area contributed by atoms with E-state index in [9.17, 15) is 8.42 Å². The standard InChI is InChI=1S/C11H9NO5S2/c12-19(13,14)10-4-2-1-3-7(10)8-5-15-6-9-11(8)17-18-16-9/h1-5H,6H2,(H2,12,13,14). The van der Waals surface area contributed by atoms with Gasteiger partial charge in [-0.2, -0.15) is 0 Å². The van der Waals surface area contributed by atoms with E-state index in [-0.39, 0.29) is 11.5 Å². The summed E-state index contributed by atoms with van der Waals surface area (Å²) < 4.78 is 38.9. The Kier molecular flexibility index (Phi) is 2.92. The molecule has 0 unspecified atom stereocenters. The summed E-state index contributed by atoms with van der Waals surface area (Å²) in [7, 11) is -3.83. The molecule has 1 aromatic carbocycles.